The predicted molar refractivity (Wildman–Crippen MR) is 122 cm³/mol. The molecule has 4 rings (SSSR count). The average molecular weight is 540 g/mol. The summed E-state index contributed by atoms with van der Waals surface area (Å²) in [6.45, 7) is 1.82. The lowest BCUT2D eigenvalue weighted by Gasteiger charge is -2.20. The van der Waals surface area contributed by atoms with Gasteiger partial charge in [0.1, 0.15) is 11.3 Å². The Hall–Kier alpha value is -3.95. The molecular formula is C28H17F9O. The monoisotopic (exact) mass is 540 g/mol. The highest BCUT2D eigenvalue weighted by atomic mass is 19.3. The van der Waals surface area contributed by atoms with Crippen molar-refractivity contribution in [3.63, 3.8) is 0 Å². The number of hydrogen-bond donors (Lipinski definition) is 0. The molecule has 4 aromatic carbocycles. The molecule has 0 amide bonds. The van der Waals surface area contributed by atoms with Crippen molar-refractivity contribution in [3.05, 3.63) is 113 Å². The van der Waals surface area contributed by atoms with Crippen LogP contribution in [0.15, 0.2) is 60.7 Å². The van der Waals surface area contributed by atoms with E-state index in [-0.39, 0.29) is 34.4 Å². The summed E-state index contributed by atoms with van der Waals surface area (Å²) in [5.74, 6) is -12.4. The normalized spacial score (nSPS) is 11.6. The van der Waals surface area contributed by atoms with E-state index in [4.69, 9.17) is 0 Å². The minimum atomic E-state index is -4.59. The van der Waals surface area contributed by atoms with Gasteiger partial charge in [-0.15, -0.1) is 0 Å². The molecule has 0 saturated carbocycles. The van der Waals surface area contributed by atoms with Crippen molar-refractivity contribution in [2.75, 3.05) is 0 Å². The van der Waals surface area contributed by atoms with Gasteiger partial charge >= 0.3 is 6.11 Å². The zero-order valence-electron chi connectivity index (χ0n) is 19.5. The Morgan fingerprint density at radius 3 is 1.63 bits per heavy atom. The highest BCUT2D eigenvalue weighted by Gasteiger charge is 2.40. The van der Waals surface area contributed by atoms with Crippen LogP contribution in [0.25, 0.3) is 22.3 Å². The van der Waals surface area contributed by atoms with Gasteiger partial charge in [0.25, 0.3) is 0 Å². The molecule has 1 nitrogen and oxygen atoms in total. The summed E-state index contributed by atoms with van der Waals surface area (Å²) in [6, 6.07) is 9.63. The molecule has 38 heavy (non-hydrogen) atoms. The zero-order chi connectivity index (χ0) is 27.8. The lowest BCUT2D eigenvalue weighted by Crippen LogP contribution is -2.24. The van der Waals surface area contributed by atoms with Crippen LogP contribution in [0.5, 0.6) is 5.75 Å². The van der Waals surface area contributed by atoms with Crippen molar-refractivity contribution in [3.8, 4) is 28.0 Å². The third kappa shape index (κ3) is 5.07. The first-order chi connectivity index (χ1) is 17.9. The first-order valence-electron chi connectivity index (χ1n) is 11.2. The number of hydrogen-bond acceptors (Lipinski definition) is 1. The summed E-state index contributed by atoms with van der Waals surface area (Å²) in [7, 11) is 0. The molecule has 0 heterocycles. The Morgan fingerprint density at radius 2 is 1.11 bits per heavy atom. The summed E-state index contributed by atoms with van der Waals surface area (Å²) < 4.78 is 131. The standard InChI is InChI=1S/C28H17F9O/c1-2-3-16-8-9-18(24(32)23(16)31)14-4-6-15(7-5-14)19-10-11-20(26(34)25(19)33)28(36,37)38-17-12-21(29)27(35)22(30)13-17/h4-13H,2-3H2,1H3. The van der Waals surface area contributed by atoms with E-state index in [0.717, 1.165) is 6.07 Å². The molecule has 0 bridgehead atoms. The fourth-order valence-electron chi connectivity index (χ4n) is 3.90. The second-order valence-corrected chi connectivity index (χ2v) is 8.34. The van der Waals surface area contributed by atoms with E-state index in [2.05, 4.69) is 4.74 Å². The maximum absolute atomic E-state index is 14.8. The lowest BCUT2D eigenvalue weighted by atomic mass is 9.97. The molecule has 0 aliphatic carbocycles. The van der Waals surface area contributed by atoms with Crippen LogP contribution in [0.1, 0.15) is 24.5 Å². The maximum atomic E-state index is 14.8. The van der Waals surface area contributed by atoms with Gasteiger partial charge < -0.3 is 4.74 Å². The topological polar surface area (TPSA) is 9.23 Å². The SMILES string of the molecule is CCCc1ccc(-c2ccc(-c3ccc(C(F)(F)Oc4cc(F)c(F)c(F)c4)c(F)c3F)cc2)c(F)c1F. The van der Waals surface area contributed by atoms with Crippen molar-refractivity contribution in [1.29, 1.82) is 0 Å². The number of alkyl halides is 2. The van der Waals surface area contributed by atoms with Gasteiger partial charge in [-0.2, -0.15) is 8.78 Å². The summed E-state index contributed by atoms with van der Waals surface area (Å²) >= 11 is 0. The van der Waals surface area contributed by atoms with Crippen LogP contribution in [0, 0.1) is 40.7 Å². The first-order valence-corrected chi connectivity index (χ1v) is 11.2. The van der Waals surface area contributed by atoms with E-state index in [1.807, 2.05) is 6.92 Å². The van der Waals surface area contributed by atoms with Gasteiger partial charge in [-0.25, -0.2) is 30.7 Å². The Morgan fingerprint density at radius 1 is 0.605 bits per heavy atom. The minimum absolute atomic E-state index is 0.0343. The van der Waals surface area contributed by atoms with Gasteiger partial charge in [0, 0.05) is 23.3 Å². The van der Waals surface area contributed by atoms with E-state index >= 15 is 0 Å². The molecule has 0 aliphatic heterocycles. The molecule has 0 atom stereocenters. The first kappa shape index (κ1) is 27.1. The van der Waals surface area contributed by atoms with Gasteiger partial charge in [0.05, 0.1) is 0 Å². The van der Waals surface area contributed by atoms with E-state index in [1.54, 1.807) is 0 Å². The van der Waals surface area contributed by atoms with Crippen LogP contribution in [-0.2, 0) is 12.5 Å². The van der Waals surface area contributed by atoms with Crippen LogP contribution in [-0.4, -0.2) is 0 Å². The van der Waals surface area contributed by atoms with Gasteiger partial charge in [0.2, 0.25) is 0 Å². The molecule has 10 heteroatoms. The molecular weight excluding hydrogens is 523 g/mol. The predicted octanol–water partition coefficient (Wildman–Crippen LogP) is 9.08. The second kappa shape index (κ2) is 10.4. The molecule has 0 spiro atoms. The van der Waals surface area contributed by atoms with E-state index in [9.17, 15) is 39.5 Å². The summed E-state index contributed by atoms with van der Waals surface area (Å²) in [6.07, 6.45) is -3.62. The van der Waals surface area contributed by atoms with Crippen LogP contribution < -0.4 is 4.74 Å². The fraction of sp³-hybridized carbons (Fsp3) is 0.143. The van der Waals surface area contributed by atoms with Gasteiger partial charge in [-0.1, -0.05) is 55.8 Å². The van der Waals surface area contributed by atoms with Crippen molar-refractivity contribution >= 4 is 0 Å². The molecule has 4 aromatic rings. The van der Waals surface area contributed by atoms with E-state index < -0.39 is 63.7 Å². The molecule has 0 aromatic heterocycles. The van der Waals surface area contributed by atoms with Crippen LogP contribution in [0.2, 0.25) is 0 Å². The molecule has 0 N–H and O–H groups in total. The van der Waals surface area contributed by atoms with Crippen molar-refractivity contribution in [2.45, 2.75) is 25.9 Å². The number of rotatable bonds is 7. The summed E-state index contributed by atoms with van der Waals surface area (Å²) in [5, 5.41) is 0. The van der Waals surface area contributed by atoms with Gasteiger partial charge in [0.15, 0.2) is 40.7 Å². The maximum Gasteiger partial charge on any atom is 0.429 e. The minimum Gasteiger partial charge on any atom is -0.429 e. The highest BCUT2D eigenvalue weighted by molar-refractivity contribution is 5.71. The Kier molecular flexibility index (Phi) is 7.44. The Labute approximate surface area is 211 Å². The third-order valence-corrected chi connectivity index (χ3v) is 5.79. The quantitative estimate of drug-likeness (QED) is 0.168. The van der Waals surface area contributed by atoms with Crippen molar-refractivity contribution in [2.24, 2.45) is 0 Å². The summed E-state index contributed by atoms with van der Waals surface area (Å²) in [4.78, 5) is 0. The van der Waals surface area contributed by atoms with Crippen molar-refractivity contribution < 1.29 is 44.3 Å². The molecule has 0 saturated heterocycles. The molecule has 0 fully saturated rings. The smallest absolute Gasteiger partial charge is 0.429 e. The van der Waals surface area contributed by atoms with E-state index in [1.165, 1.54) is 36.4 Å². The molecule has 0 radical (unpaired) electrons. The second-order valence-electron chi connectivity index (χ2n) is 8.34. The van der Waals surface area contributed by atoms with Gasteiger partial charge in [-0.3, -0.25) is 0 Å². The Balaban J connectivity index is 1.63. The van der Waals surface area contributed by atoms with Crippen LogP contribution in [0.3, 0.4) is 0 Å². The third-order valence-electron chi connectivity index (χ3n) is 5.79. The number of ether oxygens (including phenoxy) is 1. The Bertz CT molecular complexity index is 1470. The zero-order valence-corrected chi connectivity index (χ0v) is 19.5. The highest BCUT2D eigenvalue weighted by Crippen LogP contribution is 2.38. The van der Waals surface area contributed by atoms with Crippen molar-refractivity contribution in [1.82, 2.24) is 0 Å². The average Bonchev–Trinajstić information content (AvgIpc) is 2.87. The lowest BCUT2D eigenvalue weighted by molar-refractivity contribution is -0.187. The number of halogens is 9. The largest absolute Gasteiger partial charge is 0.429 e. The number of benzene rings is 4. The van der Waals surface area contributed by atoms with Gasteiger partial charge in [-0.05, 0) is 29.2 Å². The fourth-order valence-corrected chi connectivity index (χ4v) is 3.90. The van der Waals surface area contributed by atoms with Crippen LogP contribution >= 0.6 is 0 Å². The summed E-state index contributed by atoms with van der Waals surface area (Å²) in [5.41, 5.74) is -1.57. The number of aryl methyl sites for hydroxylation is 1. The van der Waals surface area contributed by atoms with E-state index in [0.29, 0.717) is 18.9 Å². The molecule has 0 unspecified atom stereocenters. The molecule has 0 aliphatic rings. The van der Waals surface area contributed by atoms with Crippen LogP contribution in [0.4, 0.5) is 39.5 Å². The molecule has 198 valence electrons.